The van der Waals surface area contributed by atoms with Gasteiger partial charge in [-0.2, -0.15) is 0 Å². The van der Waals surface area contributed by atoms with Crippen LogP contribution in [0.15, 0.2) is 46.9 Å². The van der Waals surface area contributed by atoms with Crippen molar-refractivity contribution < 1.29 is 4.42 Å². The number of fused-ring (bicyclic) bond motifs is 2. The van der Waals surface area contributed by atoms with Crippen molar-refractivity contribution in [2.45, 2.75) is 32.2 Å². The van der Waals surface area contributed by atoms with Crippen LogP contribution in [0, 0.1) is 6.92 Å². The molecule has 1 unspecified atom stereocenters. The van der Waals surface area contributed by atoms with Crippen molar-refractivity contribution in [2.24, 2.45) is 0 Å². The second-order valence-electron chi connectivity index (χ2n) is 5.77. The highest BCUT2D eigenvalue weighted by Gasteiger charge is 2.18. The molecule has 1 aliphatic rings. The van der Waals surface area contributed by atoms with Crippen molar-refractivity contribution in [2.75, 3.05) is 5.32 Å². The van der Waals surface area contributed by atoms with Crippen LogP contribution < -0.4 is 5.32 Å². The Bertz CT molecular complexity index is 791. The molecule has 106 valence electrons. The third-order valence-electron chi connectivity index (χ3n) is 4.21. The lowest BCUT2D eigenvalue weighted by Gasteiger charge is -2.26. The number of oxazole rings is 1. The van der Waals surface area contributed by atoms with Crippen LogP contribution in [0.4, 0.5) is 5.69 Å². The molecule has 1 aliphatic carbocycles. The molecule has 1 aromatic heterocycles. The van der Waals surface area contributed by atoms with Crippen molar-refractivity contribution in [1.29, 1.82) is 0 Å². The summed E-state index contributed by atoms with van der Waals surface area (Å²) in [6.45, 7) is 1.88. The van der Waals surface area contributed by atoms with Crippen LogP contribution in [0.1, 0.15) is 23.4 Å². The van der Waals surface area contributed by atoms with E-state index in [-0.39, 0.29) is 0 Å². The van der Waals surface area contributed by atoms with Crippen molar-refractivity contribution in [3.63, 3.8) is 0 Å². The van der Waals surface area contributed by atoms with Crippen molar-refractivity contribution in [3.05, 3.63) is 59.5 Å². The number of aromatic nitrogens is 1. The Hall–Kier alpha value is -2.29. The molecule has 0 fully saturated rings. The van der Waals surface area contributed by atoms with Crippen molar-refractivity contribution >= 4 is 16.8 Å². The van der Waals surface area contributed by atoms with Crippen molar-refractivity contribution in [1.82, 2.24) is 4.98 Å². The summed E-state index contributed by atoms with van der Waals surface area (Å²) in [4.78, 5) is 4.40. The first-order valence-corrected chi connectivity index (χ1v) is 7.48. The Labute approximate surface area is 124 Å². The van der Waals surface area contributed by atoms with Gasteiger partial charge in [-0.3, -0.25) is 0 Å². The molecule has 0 spiro atoms. The molecule has 0 saturated heterocycles. The zero-order valence-electron chi connectivity index (χ0n) is 12.1. The van der Waals surface area contributed by atoms with E-state index in [2.05, 4.69) is 46.7 Å². The normalized spacial score (nSPS) is 17.7. The first-order chi connectivity index (χ1) is 10.3. The van der Waals surface area contributed by atoms with Gasteiger partial charge in [-0.05, 0) is 48.6 Å². The van der Waals surface area contributed by atoms with E-state index in [9.17, 15) is 0 Å². The van der Waals surface area contributed by atoms with E-state index >= 15 is 0 Å². The minimum Gasteiger partial charge on any atom is -0.441 e. The van der Waals surface area contributed by atoms with Crippen molar-refractivity contribution in [3.8, 4) is 0 Å². The van der Waals surface area contributed by atoms with E-state index in [1.807, 2.05) is 13.0 Å². The average Bonchev–Trinajstić information content (AvgIpc) is 2.86. The summed E-state index contributed by atoms with van der Waals surface area (Å²) in [7, 11) is 0. The fourth-order valence-electron chi connectivity index (χ4n) is 3.19. The van der Waals surface area contributed by atoms with Gasteiger partial charge in [0.2, 0.25) is 0 Å². The van der Waals surface area contributed by atoms with Crippen LogP contribution in [0.25, 0.3) is 11.1 Å². The number of nitrogens with zero attached hydrogens (tertiary/aromatic N) is 1. The van der Waals surface area contributed by atoms with E-state index in [1.54, 1.807) is 0 Å². The number of rotatable bonds is 2. The molecule has 0 amide bonds. The predicted octanol–water partition coefficient (Wildman–Crippen LogP) is 4.11. The van der Waals surface area contributed by atoms with E-state index in [0.717, 1.165) is 29.6 Å². The highest BCUT2D eigenvalue weighted by molar-refractivity contribution is 5.77. The average molecular weight is 278 g/mol. The molecule has 2 aromatic carbocycles. The largest absolute Gasteiger partial charge is 0.441 e. The molecule has 0 bridgehead atoms. The number of hydrogen-bond acceptors (Lipinski definition) is 3. The molecule has 3 aromatic rings. The quantitative estimate of drug-likeness (QED) is 0.766. The number of aryl methyl sites for hydroxylation is 2. The summed E-state index contributed by atoms with van der Waals surface area (Å²) in [5.41, 5.74) is 5.87. The number of nitrogens with one attached hydrogen (secondary N) is 1. The third kappa shape index (κ3) is 2.40. The molecule has 1 heterocycles. The van der Waals surface area contributed by atoms with Gasteiger partial charge < -0.3 is 9.73 Å². The Kier molecular flexibility index (Phi) is 2.92. The van der Waals surface area contributed by atoms with E-state index in [0.29, 0.717) is 11.9 Å². The molecule has 3 heteroatoms. The summed E-state index contributed by atoms with van der Waals surface area (Å²) in [6.07, 6.45) is 3.41. The molecular formula is C18H18N2O. The fraction of sp³-hybridized carbons (Fsp3) is 0.278. The second kappa shape index (κ2) is 4.92. The lowest BCUT2D eigenvalue weighted by molar-refractivity contribution is 0.561. The van der Waals surface area contributed by atoms with Crippen LogP contribution in [0.5, 0.6) is 0 Å². The maximum atomic E-state index is 5.52. The van der Waals surface area contributed by atoms with Crippen LogP contribution in [-0.2, 0) is 12.8 Å². The van der Waals surface area contributed by atoms with Gasteiger partial charge in [0.05, 0.1) is 0 Å². The molecule has 1 N–H and O–H groups in total. The summed E-state index contributed by atoms with van der Waals surface area (Å²) >= 11 is 0. The Morgan fingerprint density at radius 2 is 2.00 bits per heavy atom. The van der Waals surface area contributed by atoms with Gasteiger partial charge in [-0.1, -0.05) is 24.3 Å². The van der Waals surface area contributed by atoms with Crippen LogP contribution in [0.2, 0.25) is 0 Å². The molecule has 0 radical (unpaired) electrons. The first-order valence-electron chi connectivity index (χ1n) is 7.48. The minimum absolute atomic E-state index is 0.491. The predicted molar refractivity (Wildman–Crippen MR) is 84.6 cm³/mol. The summed E-state index contributed by atoms with van der Waals surface area (Å²) in [6, 6.07) is 15.4. The Morgan fingerprint density at radius 1 is 1.14 bits per heavy atom. The van der Waals surface area contributed by atoms with Crippen LogP contribution >= 0.6 is 0 Å². The molecule has 4 rings (SSSR count). The lowest BCUT2D eigenvalue weighted by Crippen LogP contribution is -2.27. The topological polar surface area (TPSA) is 38.1 Å². The maximum absolute atomic E-state index is 5.52. The van der Waals surface area contributed by atoms with Gasteiger partial charge in [0.1, 0.15) is 5.52 Å². The SMILES string of the molecule is Cc1nc2cc(NC3CCc4ccccc4C3)ccc2o1. The smallest absolute Gasteiger partial charge is 0.192 e. The lowest BCUT2D eigenvalue weighted by atomic mass is 9.88. The number of anilines is 1. The summed E-state index contributed by atoms with van der Waals surface area (Å²) in [5.74, 6) is 0.716. The Morgan fingerprint density at radius 3 is 2.90 bits per heavy atom. The number of benzene rings is 2. The standard InChI is InChI=1S/C18H18N2O/c1-12-19-17-11-16(8-9-18(17)21-12)20-15-7-6-13-4-2-3-5-14(13)10-15/h2-5,8-9,11,15,20H,6-7,10H2,1H3. The second-order valence-corrected chi connectivity index (χ2v) is 5.77. The fourth-order valence-corrected chi connectivity index (χ4v) is 3.19. The zero-order valence-corrected chi connectivity index (χ0v) is 12.1. The van der Waals surface area contributed by atoms with E-state index in [1.165, 1.54) is 17.5 Å². The molecule has 0 aliphatic heterocycles. The summed E-state index contributed by atoms with van der Waals surface area (Å²) in [5, 5.41) is 3.64. The highest BCUT2D eigenvalue weighted by Crippen LogP contribution is 2.25. The highest BCUT2D eigenvalue weighted by atomic mass is 16.3. The van der Waals surface area contributed by atoms with E-state index in [4.69, 9.17) is 4.42 Å². The van der Waals surface area contributed by atoms with Gasteiger partial charge in [-0.25, -0.2) is 4.98 Å². The van der Waals surface area contributed by atoms with Gasteiger partial charge in [-0.15, -0.1) is 0 Å². The minimum atomic E-state index is 0.491. The van der Waals surface area contributed by atoms with Gasteiger partial charge >= 0.3 is 0 Å². The monoisotopic (exact) mass is 278 g/mol. The molecular weight excluding hydrogens is 260 g/mol. The maximum Gasteiger partial charge on any atom is 0.192 e. The molecule has 21 heavy (non-hydrogen) atoms. The third-order valence-corrected chi connectivity index (χ3v) is 4.21. The Balaban J connectivity index is 1.55. The van der Waals surface area contributed by atoms with E-state index < -0.39 is 0 Å². The zero-order chi connectivity index (χ0) is 14.2. The molecule has 0 saturated carbocycles. The van der Waals surface area contributed by atoms with Gasteiger partial charge in [0, 0.05) is 18.7 Å². The van der Waals surface area contributed by atoms with Crippen LogP contribution in [-0.4, -0.2) is 11.0 Å². The molecule has 1 atom stereocenters. The number of hydrogen-bond donors (Lipinski definition) is 1. The van der Waals surface area contributed by atoms with Crippen LogP contribution in [0.3, 0.4) is 0 Å². The summed E-state index contributed by atoms with van der Waals surface area (Å²) < 4.78 is 5.52. The molecule has 3 nitrogen and oxygen atoms in total. The van der Waals surface area contributed by atoms with Gasteiger partial charge in [0.15, 0.2) is 11.5 Å². The van der Waals surface area contributed by atoms with Gasteiger partial charge in [0.25, 0.3) is 0 Å². The first kappa shape index (κ1) is 12.5.